The summed E-state index contributed by atoms with van der Waals surface area (Å²) < 4.78 is 0. The van der Waals surface area contributed by atoms with Gasteiger partial charge in [-0.05, 0) is 41.0 Å². The van der Waals surface area contributed by atoms with Crippen LogP contribution in [-0.2, 0) is 0 Å². The van der Waals surface area contributed by atoms with Gasteiger partial charge in [0.25, 0.3) is 0 Å². The molecule has 96 valence electrons. The largest absolute Gasteiger partial charge is 0.355 e. The van der Waals surface area contributed by atoms with Crippen LogP contribution >= 0.6 is 22.9 Å². The number of rotatable bonds is 2. The average molecular weight is 281 g/mol. The van der Waals surface area contributed by atoms with Crippen LogP contribution in [0.15, 0.2) is 30.3 Å². The van der Waals surface area contributed by atoms with Crippen LogP contribution in [0.3, 0.4) is 0 Å². The lowest BCUT2D eigenvalue weighted by atomic mass is 9.39. The molecular weight excluding hydrogens is 262 g/mol. The summed E-state index contributed by atoms with van der Waals surface area (Å²) in [6.07, 6.45) is 2.53. The molecule has 1 aromatic rings. The van der Waals surface area contributed by atoms with E-state index in [1.54, 1.807) is 0 Å². The summed E-state index contributed by atoms with van der Waals surface area (Å²) in [7, 11) is 0. The molecule has 3 fully saturated rings. The molecule has 3 saturated carbocycles. The first kappa shape index (κ1) is 12.9. The lowest BCUT2D eigenvalue weighted by molar-refractivity contribution is -0.0801. The molecule has 4 atom stereocenters. The van der Waals surface area contributed by atoms with Crippen LogP contribution in [0.2, 0.25) is 5.82 Å². The SMILES string of the molecule is CC1(C)[C@H]2C[C@@H]1[C@@H](c1ccccc1)[C@H](B(Cl)Cl)C2. The quantitative estimate of drug-likeness (QED) is 0.656. The number of hydrogen-bond acceptors (Lipinski definition) is 0. The number of hydrogen-bond donors (Lipinski definition) is 0. The highest BCUT2D eigenvalue weighted by Gasteiger charge is 2.59. The molecular formula is C15H19BCl2. The van der Waals surface area contributed by atoms with Crippen LogP contribution in [0.25, 0.3) is 0 Å². The molecule has 4 rings (SSSR count). The first-order valence-electron chi connectivity index (χ1n) is 6.85. The van der Waals surface area contributed by atoms with Gasteiger partial charge in [-0.2, -0.15) is 22.9 Å². The van der Waals surface area contributed by atoms with Crippen molar-refractivity contribution >= 4 is 28.5 Å². The van der Waals surface area contributed by atoms with E-state index in [1.165, 1.54) is 18.4 Å². The van der Waals surface area contributed by atoms with E-state index in [0.29, 0.717) is 17.2 Å². The molecule has 0 radical (unpaired) electrons. The Hall–Kier alpha value is -0.135. The third-order valence-corrected chi connectivity index (χ3v) is 6.15. The van der Waals surface area contributed by atoms with Crippen molar-refractivity contribution < 1.29 is 0 Å². The highest BCUT2D eigenvalue weighted by atomic mass is 35.5. The van der Waals surface area contributed by atoms with Crippen LogP contribution in [0.5, 0.6) is 0 Å². The number of benzene rings is 1. The highest BCUT2D eigenvalue weighted by Crippen LogP contribution is 2.68. The maximum absolute atomic E-state index is 6.25. The van der Waals surface area contributed by atoms with Gasteiger partial charge in [-0.1, -0.05) is 50.6 Å². The third kappa shape index (κ3) is 1.82. The fourth-order valence-corrected chi connectivity index (χ4v) is 4.77. The van der Waals surface area contributed by atoms with Gasteiger partial charge in [-0.3, -0.25) is 0 Å². The molecule has 2 bridgehead atoms. The third-order valence-electron chi connectivity index (χ3n) is 5.51. The van der Waals surface area contributed by atoms with Crippen LogP contribution in [0.4, 0.5) is 0 Å². The summed E-state index contributed by atoms with van der Waals surface area (Å²) in [6, 6.07) is 10.8. The lowest BCUT2D eigenvalue weighted by Gasteiger charge is -2.63. The second-order valence-corrected chi connectivity index (χ2v) is 7.69. The summed E-state index contributed by atoms with van der Waals surface area (Å²) in [6.45, 7) is 4.82. The van der Waals surface area contributed by atoms with Gasteiger partial charge in [0.15, 0.2) is 0 Å². The zero-order valence-corrected chi connectivity index (χ0v) is 12.5. The average Bonchev–Trinajstić information content (AvgIpc) is 2.38. The fourth-order valence-electron chi connectivity index (χ4n) is 4.25. The Kier molecular flexibility index (Phi) is 3.19. The van der Waals surface area contributed by atoms with E-state index in [4.69, 9.17) is 22.9 Å². The zero-order valence-electron chi connectivity index (χ0n) is 10.9. The number of fused-ring (bicyclic) bond motifs is 2. The van der Waals surface area contributed by atoms with E-state index in [0.717, 1.165) is 11.8 Å². The van der Waals surface area contributed by atoms with Gasteiger partial charge in [0.2, 0.25) is 0 Å². The molecule has 3 heteroatoms. The molecule has 18 heavy (non-hydrogen) atoms. The topological polar surface area (TPSA) is 0 Å². The van der Waals surface area contributed by atoms with Gasteiger partial charge in [0, 0.05) is 0 Å². The predicted octanol–water partition coefficient (Wildman–Crippen LogP) is 5.17. The minimum Gasteiger partial charge on any atom is -0.171 e. The Morgan fingerprint density at radius 3 is 2.33 bits per heavy atom. The zero-order chi connectivity index (χ0) is 12.9. The minimum atomic E-state index is -0.239. The highest BCUT2D eigenvalue weighted by molar-refractivity contribution is 7.34. The molecule has 0 spiro atoms. The van der Waals surface area contributed by atoms with Crippen molar-refractivity contribution in [3.8, 4) is 0 Å². The Morgan fingerprint density at radius 2 is 1.78 bits per heavy atom. The number of halogens is 2. The van der Waals surface area contributed by atoms with E-state index in [-0.39, 0.29) is 5.54 Å². The second kappa shape index (κ2) is 4.46. The molecule has 0 unspecified atom stereocenters. The van der Waals surface area contributed by atoms with E-state index in [2.05, 4.69) is 44.2 Å². The van der Waals surface area contributed by atoms with Crippen molar-refractivity contribution in [2.45, 2.75) is 38.4 Å². The van der Waals surface area contributed by atoms with Gasteiger partial charge in [-0.15, -0.1) is 0 Å². The first-order chi connectivity index (χ1) is 8.51. The smallest absolute Gasteiger partial charge is 0.171 e. The lowest BCUT2D eigenvalue weighted by Crippen LogP contribution is -2.54. The maximum Gasteiger partial charge on any atom is 0.355 e. The standard InChI is InChI=1S/C15H19BCl2/c1-15(2)11-8-12(15)14(13(9-11)16(17)18)10-6-4-3-5-7-10/h3-7,11-14H,8-9H2,1-2H3/t11-,12+,13+,14+/m0/s1. The second-order valence-electron chi connectivity index (χ2n) is 6.53. The molecule has 3 aliphatic rings. The van der Waals surface area contributed by atoms with Gasteiger partial charge in [0.1, 0.15) is 0 Å². The first-order valence-corrected chi connectivity index (χ1v) is 7.72. The molecule has 0 saturated heterocycles. The summed E-state index contributed by atoms with van der Waals surface area (Å²) >= 11 is 12.5. The van der Waals surface area contributed by atoms with E-state index >= 15 is 0 Å². The molecule has 0 aromatic heterocycles. The van der Waals surface area contributed by atoms with Crippen LogP contribution < -0.4 is 0 Å². The Morgan fingerprint density at radius 1 is 1.11 bits per heavy atom. The summed E-state index contributed by atoms with van der Waals surface area (Å²) in [4.78, 5) is 0. The van der Waals surface area contributed by atoms with Gasteiger partial charge in [0.05, 0.1) is 0 Å². The summed E-state index contributed by atoms with van der Waals surface area (Å²) in [5.74, 6) is 2.51. The van der Waals surface area contributed by atoms with E-state index in [9.17, 15) is 0 Å². The minimum absolute atomic E-state index is 0.239. The van der Waals surface area contributed by atoms with Crippen molar-refractivity contribution in [3.63, 3.8) is 0 Å². The molecule has 0 aliphatic heterocycles. The van der Waals surface area contributed by atoms with Gasteiger partial charge >= 0.3 is 5.54 Å². The van der Waals surface area contributed by atoms with E-state index < -0.39 is 0 Å². The summed E-state index contributed by atoms with van der Waals surface area (Å²) in [5.41, 5.74) is 1.64. The molecule has 0 nitrogen and oxygen atoms in total. The van der Waals surface area contributed by atoms with Crippen LogP contribution in [-0.4, -0.2) is 5.54 Å². The normalized spacial score (nSPS) is 36.9. The van der Waals surface area contributed by atoms with Crippen molar-refractivity contribution in [2.24, 2.45) is 17.3 Å². The predicted molar refractivity (Wildman–Crippen MR) is 80.4 cm³/mol. The molecule has 1 aromatic carbocycles. The van der Waals surface area contributed by atoms with Crippen LogP contribution in [0.1, 0.15) is 38.2 Å². The molecule has 3 aliphatic carbocycles. The van der Waals surface area contributed by atoms with Gasteiger partial charge < -0.3 is 0 Å². The maximum atomic E-state index is 6.25. The Balaban J connectivity index is 1.97. The van der Waals surface area contributed by atoms with E-state index in [1.807, 2.05) is 0 Å². The van der Waals surface area contributed by atoms with Crippen molar-refractivity contribution in [1.82, 2.24) is 0 Å². The summed E-state index contributed by atoms with van der Waals surface area (Å²) in [5, 5.41) is 0. The molecule has 0 heterocycles. The van der Waals surface area contributed by atoms with Crippen molar-refractivity contribution in [1.29, 1.82) is 0 Å². The Bertz CT molecular complexity index is 427. The molecule has 0 N–H and O–H groups in total. The van der Waals surface area contributed by atoms with Crippen molar-refractivity contribution in [2.75, 3.05) is 0 Å². The van der Waals surface area contributed by atoms with Crippen LogP contribution in [0, 0.1) is 17.3 Å². The molecule has 0 amide bonds. The monoisotopic (exact) mass is 280 g/mol. The fraction of sp³-hybridized carbons (Fsp3) is 0.600. The van der Waals surface area contributed by atoms with Crippen molar-refractivity contribution in [3.05, 3.63) is 35.9 Å². The van der Waals surface area contributed by atoms with Gasteiger partial charge in [-0.25, -0.2) is 0 Å². The Labute approximate surface area is 120 Å².